The summed E-state index contributed by atoms with van der Waals surface area (Å²) in [5.41, 5.74) is -0.646. The van der Waals surface area contributed by atoms with Crippen molar-refractivity contribution in [2.75, 3.05) is 0 Å². The molecule has 124 valence electrons. The molecule has 0 aliphatic carbocycles. The Balaban J connectivity index is 2.16. The Morgan fingerprint density at radius 3 is 2.43 bits per heavy atom. The predicted octanol–water partition coefficient (Wildman–Crippen LogP) is 2.13. The van der Waals surface area contributed by atoms with Crippen LogP contribution in [0.3, 0.4) is 0 Å². The van der Waals surface area contributed by atoms with Crippen molar-refractivity contribution in [2.24, 2.45) is 0 Å². The van der Waals surface area contributed by atoms with Gasteiger partial charge in [-0.25, -0.2) is 4.57 Å². The van der Waals surface area contributed by atoms with Gasteiger partial charge in [0, 0.05) is 22.2 Å². The highest BCUT2D eigenvalue weighted by Gasteiger charge is 2.28. The van der Waals surface area contributed by atoms with Crippen LogP contribution in [0.2, 0.25) is 0 Å². The smallest absolute Gasteiger partial charge is 0.404 e. The van der Waals surface area contributed by atoms with Crippen molar-refractivity contribution in [3.8, 4) is 5.75 Å². The molecule has 0 amide bonds. The van der Waals surface area contributed by atoms with E-state index in [-0.39, 0.29) is 11.3 Å². The Kier molecular flexibility index (Phi) is 5.23. The van der Waals surface area contributed by atoms with Gasteiger partial charge in [-0.1, -0.05) is 12.1 Å². The molecule has 0 saturated heterocycles. The first-order valence-corrected chi connectivity index (χ1v) is 10.1. The van der Waals surface area contributed by atoms with Gasteiger partial charge in [0.2, 0.25) is 0 Å². The molecule has 11 heteroatoms. The number of phosphoric ester groups is 1. The van der Waals surface area contributed by atoms with Gasteiger partial charge in [0.15, 0.2) is 0 Å². The predicted molar refractivity (Wildman–Crippen MR) is 82.6 cm³/mol. The van der Waals surface area contributed by atoms with Crippen LogP contribution in [-0.2, 0) is 15.6 Å². The van der Waals surface area contributed by atoms with Gasteiger partial charge in [0.1, 0.15) is 5.75 Å². The average molecular weight is 378 g/mol. The van der Waals surface area contributed by atoms with Crippen molar-refractivity contribution >= 4 is 32.3 Å². The molecule has 1 aromatic carbocycles. The number of phosphoric acid groups is 1. The van der Waals surface area contributed by atoms with Crippen LogP contribution in [0.25, 0.3) is 0 Å². The van der Waals surface area contributed by atoms with Crippen molar-refractivity contribution < 1.29 is 38.0 Å². The lowest BCUT2D eigenvalue weighted by atomic mass is 10.1. The molecule has 1 aromatic heterocycles. The fourth-order valence-electron chi connectivity index (χ4n) is 1.80. The van der Waals surface area contributed by atoms with E-state index in [1.54, 1.807) is 12.1 Å². The molecule has 0 aliphatic heterocycles. The van der Waals surface area contributed by atoms with Crippen LogP contribution in [0.1, 0.15) is 20.8 Å². The van der Waals surface area contributed by atoms with Gasteiger partial charge in [-0.05, 0) is 23.8 Å². The Morgan fingerprint density at radius 1 is 1.13 bits per heavy atom. The van der Waals surface area contributed by atoms with E-state index in [0.717, 1.165) is 11.3 Å². The van der Waals surface area contributed by atoms with Crippen molar-refractivity contribution in [1.82, 2.24) is 0 Å². The molecule has 0 unspecified atom stereocenters. The first kappa shape index (κ1) is 18.0. The molecule has 0 atom stereocenters. The van der Waals surface area contributed by atoms with Crippen LogP contribution in [0.5, 0.6) is 5.75 Å². The fourth-order valence-corrected chi connectivity index (χ4v) is 3.64. The third-order valence-corrected chi connectivity index (χ3v) is 4.84. The van der Waals surface area contributed by atoms with E-state index in [1.807, 2.05) is 0 Å². The van der Waals surface area contributed by atoms with Gasteiger partial charge < -0.3 is 14.3 Å². The van der Waals surface area contributed by atoms with Gasteiger partial charge in [-0.2, -0.15) is 0 Å². The standard InChI is InChI=1S/C12H12O8P2S/c13-12(21(14,15)16)9-6-11(23-7-9)5-8-2-1-3-10(4-8)20-22(17,18)19/h1-4,6-7H,5H2,(H2,14,15,16)(H2,17,18,19). The maximum atomic E-state index is 11.5. The summed E-state index contributed by atoms with van der Waals surface area (Å²) in [7, 11) is -9.46. The van der Waals surface area contributed by atoms with Crippen LogP contribution in [0.4, 0.5) is 0 Å². The molecular weight excluding hydrogens is 366 g/mol. The molecule has 0 spiro atoms. The molecule has 0 saturated carbocycles. The lowest BCUT2D eigenvalue weighted by Gasteiger charge is -2.07. The SMILES string of the molecule is O=C(c1csc(Cc2cccc(OP(=O)(O)O)c2)c1)P(=O)(O)O. The minimum Gasteiger partial charge on any atom is -0.404 e. The van der Waals surface area contributed by atoms with Gasteiger partial charge in [-0.3, -0.25) is 19.1 Å². The first-order valence-electron chi connectivity index (χ1n) is 6.06. The second-order valence-electron chi connectivity index (χ2n) is 4.56. The van der Waals surface area contributed by atoms with E-state index in [2.05, 4.69) is 4.52 Å². The maximum Gasteiger partial charge on any atom is 0.524 e. The summed E-state index contributed by atoms with van der Waals surface area (Å²) in [6.45, 7) is 0. The monoisotopic (exact) mass is 378 g/mol. The van der Waals surface area contributed by atoms with E-state index in [4.69, 9.17) is 19.6 Å². The van der Waals surface area contributed by atoms with E-state index < -0.39 is 20.9 Å². The molecule has 23 heavy (non-hydrogen) atoms. The molecular formula is C12H12O8P2S. The zero-order valence-electron chi connectivity index (χ0n) is 11.4. The van der Waals surface area contributed by atoms with Crippen molar-refractivity contribution in [3.05, 3.63) is 51.7 Å². The largest absolute Gasteiger partial charge is 0.524 e. The Morgan fingerprint density at radius 2 is 1.83 bits per heavy atom. The summed E-state index contributed by atoms with van der Waals surface area (Å²) in [5.74, 6) is -0.00101. The number of carbonyl (C=O) groups is 1. The zero-order chi connectivity index (χ0) is 17.3. The fraction of sp³-hybridized carbons (Fsp3) is 0.0833. The Bertz CT molecular complexity index is 818. The average Bonchev–Trinajstić information content (AvgIpc) is 2.83. The van der Waals surface area contributed by atoms with Crippen molar-refractivity contribution in [2.45, 2.75) is 6.42 Å². The normalized spacial score (nSPS) is 12.2. The number of benzene rings is 1. The van der Waals surface area contributed by atoms with Gasteiger partial charge >= 0.3 is 15.4 Å². The quantitative estimate of drug-likeness (QED) is 0.560. The number of hydrogen-bond donors (Lipinski definition) is 4. The van der Waals surface area contributed by atoms with E-state index >= 15 is 0 Å². The molecule has 8 nitrogen and oxygen atoms in total. The molecule has 4 N–H and O–H groups in total. The minimum absolute atomic E-state index is 0.00101. The summed E-state index contributed by atoms with van der Waals surface area (Å²) in [4.78, 5) is 47.4. The van der Waals surface area contributed by atoms with E-state index in [9.17, 15) is 13.9 Å². The molecule has 1 heterocycles. The van der Waals surface area contributed by atoms with Crippen LogP contribution >= 0.6 is 26.8 Å². The second kappa shape index (κ2) is 6.67. The van der Waals surface area contributed by atoms with Crippen LogP contribution < -0.4 is 4.52 Å². The summed E-state index contributed by atoms with van der Waals surface area (Å²) in [5, 5.41) is 1.35. The molecule has 0 bridgehead atoms. The highest BCUT2D eigenvalue weighted by Crippen LogP contribution is 2.40. The third kappa shape index (κ3) is 5.37. The molecule has 2 rings (SSSR count). The van der Waals surface area contributed by atoms with Gasteiger partial charge in [0.05, 0.1) is 0 Å². The summed E-state index contributed by atoms with van der Waals surface area (Å²) < 4.78 is 26.2. The van der Waals surface area contributed by atoms with Crippen LogP contribution in [0, 0.1) is 0 Å². The number of rotatable bonds is 6. The maximum absolute atomic E-state index is 11.5. The minimum atomic E-state index is -4.82. The number of carbonyl (C=O) groups excluding carboxylic acids is 1. The van der Waals surface area contributed by atoms with Crippen molar-refractivity contribution in [3.63, 3.8) is 0 Å². The van der Waals surface area contributed by atoms with Gasteiger partial charge in [-0.15, -0.1) is 11.3 Å². The van der Waals surface area contributed by atoms with E-state index in [1.165, 1.54) is 23.6 Å². The molecule has 2 aromatic rings. The summed E-state index contributed by atoms with van der Waals surface area (Å²) in [6.07, 6.45) is 0.317. The Labute approximate surface area is 134 Å². The van der Waals surface area contributed by atoms with Crippen LogP contribution in [-0.4, -0.2) is 25.1 Å². The highest BCUT2D eigenvalue weighted by atomic mass is 32.1. The first-order chi connectivity index (χ1) is 10.5. The number of thiophene rings is 1. The van der Waals surface area contributed by atoms with Gasteiger partial charge in [0.25, 0.3) is 5.52 Å². The Hall–Kier alpha value is -1.31. The second-order valence-corrected chi connectivity index (χ2v) is 8.21. The summed E-state index contributed by atoms with van der Waals surface area (Å²) >= 11 is 1.15. The zero-order valence-corrected chi connectivity index (χ0v) is 14.0. The molecule has 0 aliphatic rings. The lowest BCUT2D eigenvalue weighted by Crippen LogP contribution is -1.97. The highest BCUT2D eigenvalue weighted by molar-refractivity contribution is 7.71. The number of hydrogen-bond acceptors (Lipinski definition) is 5. The van der Waals surface area contributed by atoms with E-state index in [0.29, 0.717) is 16.9 Å². The third-order valence-electron chi connectivity index (χ3n) is 2.67. The molecule has 0 radical (unpaired) electrons. The summed E-state index contributed by atoms with van der Waals surface area (Å²) in [6, 6.07) is 7.44. The lowest BCUT2D eigenvalue weighted by molar-refractivity contribution is 0.104. The molecule has 0 fully saturated rings. The van der Waals surface area contributed by atoms with Crippen LogP contribution in [0.15, 0.2) is 35.7 Å². The topological polar surface area (TPSA) is 141 Å². The van der Waals surface area contributed by atoms with Crippen molar-refractivity contribution in [1.29, 1.82) is 0 Å².